The predicted octanol–water partition coefficient (Wildman–Crippen LogP) is 3.71. The second-order valence-corrected chi connectivity index (χ2v) is 8.22. The zero-order valence-electron chi connectivity index (χ0n) is 18.3. The molecule has 0 radical (unpaired) electrons. The summed E-state index contributed by atoms with van der Waals surface area (Å²) in [6.07, 6.45) is 6.91. The highest BCUT2D eigenvalue weighted by Crippen LogP contribution is 2.40. The average Bonchev–Trinajstić information content (AvgIpc) is 3.31. The summed E-state index contributed by atoms with van der Waals surface area (Å²) < 4.78 is 5.49. The summed E-state index contributed by atoms with van der Waals surface area (Å²) in [6, 6.07) is 15.1. The van der Waals surface area contributed by atoms with E-state index in [4.69, 9.17) is 4.74 Å². The first kappa shape index (κ1) is 23.8. The molecule has 4 rings (SSSR count). The predicted molar refractivity (Wildman–Crippen MR) is 137 cm³/mol. The van der Waals surface area contributed by atoms with Crippen molar-refractivity contribution in [3.63, 3.8) is 0 Å². The van der Waals surface area contributed by atoms with Gasteiger partial charge in [-0.25, -0.2) is 4.98 Å². The minimum atomic E-state index is 0. The van der Waals surface area contributed by atoms with Crippen LogP contribution in [0.5, 0.6) is 0 Å². The van der Waals surface area contributed by atoms with Crippen LogP contribution in [0.1, 0.15) is 36.8 Å². The maximum absolute atomic E-state index is 5.49. The lowest BCUT2D eigenvalue weighted by atomic mass is 9.79. The highest BCUT2D eigenvalue weighted by molar-refractivity contribution is 14.0. The van der Waals surface area contributed by atoms with Crippen molar-refractivity contribution in [1.82, 2.24) is 15.6 Å². The average molecular weight is 535 g/mol. The van der Waals surface area contributed by atoms with Crippen molar-refractivity contribution in [1.29, 1.82) is 0 Å². The third kappa shape index (κ3) is 5.88. The summed E-state index contributed by atoms with van der Waals surface area (Å²) in [6.45, 7) is 4.88. The number of nitrogens with zero attached hydrogens (tertiary/aromatic N) is 3. The number of benzene rings is 1. The molecule has 0 unspecified atom stereocenters. The Labute approximate surface area is 202 Å². The van der Waals surface area contributed by atoms with Gasteiger partial charge in [-0.15, -0.1) is 24.0 Å². The monoisotopic (exact) mass is 535 g/mol. The number of halogens is 1. The number of anilines is 1. The van der Waals surface area contributed by atoms with Gasteiger partial charge in [-0.1, -0.05) is 49.2 Å². The molecule has 0 bridgehead atoms. The summed E-state index contributed by atoms with van der Waals surface area (Å²) in [5.41, 5.74) is 2.82. The van der Waals surface area contributed by atoms with Crippen molar-refractivity contribution in [2.75, 3.05) is 44.8 Å². The van der Waals surface area contributed by atoms with Crippen molar-refractivity contribution < 1.29 is 4.74 Å². The number of nitrogens with one attached hydrogen (secondary N) is 2. The second-order valence-electron chi connectivity index (χ2n) is 8.22. The fourth-order valence-corrected chi connectivity index (χ4v) is 4.69. The maximum atomic E-state index is 5.49. The molecule has 6 nitrogen and oxygen atoms in total. The second kappa shape index (κ2) is 11.7. The van der Waals surface area contributed by atoms with Gasteiger partial charge >= 0.3 is 0 Å². The van der Waals surface area contributed by atoms with Crippen molar-refractivity contribution in [2.45, 2.75) is 37.6 Å². The Kier molecular flexibility index (Phi) is 8.95. The van der Waals surface area contributed by atoms with Crippen LogP contribution >= 0.6 is 24.0 Å². The van der Waals surface area contributed by atoms with E-state index in [0.29, 0.717) is 6.54 Å². The maximum Gasteiger partial charge on any atom is 0.191 e. The number of guanidine groups is 1. The van der Waals surface area contributed by atoms with E-state index in [-0.39, 0.29) is 29.4 Å². The molecule has 2 N–H and O–H groups in total. The van der Waals surface area contributed by atoms with Crippen LogP contribution in [0.25, 0.3) is 0 Å². The number of ether oxygens (including phenoxy) is 1. The smallest absolute Gasteiger partial charge is 0.191 e. The molecule has 0 spiro atoms. The van der Waals surface area contributed by atoms with Crippen LogP contribution in [0.15, 0.2) is 53.7 Å². The SMILES string of the molecule is CN=C(NCc1cccnc1N1CCOCC1)NCC1(c2ccccc2)CCCC1.I. The first-order chi connectivity index (χ1) is 14.8. The molecule has 2 aliphatic rings. The van der Waals surface area contributed by atoms with E-state index in [9.17, 15) is 0 Å². The molecular formula is C24H34IN5O. The Hall–Kier alpha value is -1.87. The van der Waals surface area contributed by atoms with Gasteiger partial charge < -0.3 is 20.3 Å². The van der Waals surface area contributed by atoms with Crippen molar-refractivity contribution in [2.24, 2.45) is 4.99 Å². The molecular weight excluding hydrogens is 501 g/mol. The highest BCUT2D eigenvalue weighted by atomic mass is 127. The van der Waals surface area contributed by atoms with E-state index in [1.807, 2.05) is 19.3 Å². The summed E-state index contributed by atoms with van der Waals surface area (Å²) in [4.78, 5) is 11.4. The lowest BCUT2D eigenvalue weighted by molar-refractivity contribution is 0.122. The largest absolute Gasteiger partial charge is 0.378 e. The molecule has 1 aliphatic heterocycles. The van der Waals surface area contributed by atoms with E-state index < -0.39 is 0 Å². The Bertz CT molecular complexity index is 833. The number of pyridine rings is 1. The summed E-state index contributed by atoms with van der Waals surface area (Å²) in [7, 11) is 1.84. The first-order valence-electron chi connectivity index (χ1n) is 11.1. The Morgan fingerprint density at radius 3 is 2.52 bits per heavy atom. The van der Waals surface area contributed by atoms with Gasteiger partial charge in [0.25, 0.3) is 0 Å². The van der Waals surface area contributed by atoms with Crippen LogP contribution in [0, 0.1) is 0 Å². The zero-order chi connectivity index (χ0) is 20.7. The molecule has 1 saturated heterocycles. The van der Waals surface area contributed by atoms with Gasteiger partial charge in [0.15, 0.2) is 5.96 Å². The van der Waals surface area contributed by atoms with Gasteiger partial charge in [0.2, 0.25) is 0 Å². The molecule has 31 heavy (non-hydrogen) atoms. The Morgan fingerprint density at radius 1 is 1.06 bits per heavy atom. The van der Waals surface area contributed by atoms with E-state index in [0.717, 1.165) is 44.6 Å². The highest BCUT2D eigenvalue weighted by Gasteiger charge is 2.35. The number of hydrogen-bond acceptors (Lipinski definition) is 4. The van der Waals surface area contributed by atoms with Gasteiger partial charge in [0.1, 0.15) is 5.82 Å². The van der Waals surface area contributed by atoms with Crippen molar-refractivity contribution in [3.05, 3.63) is 59.8 Å². The molecule has 2 aromatic rings. The minimum Gasteiger partial charge on any atom is -0.378 e. The topological polar surface area (TPSA) is 61.8 Å². The van der Waals surface area contributed by atoms with E-state index in [2.05, 4.69) is 61.9 Å². The molecule has 1 aliphatic carbocycles. The molecule has 2 fully saturated rings. The lowest BCUT2D eigenvalue weighted by Gasteiger charge is -2.31. The lowest BCUT2D eigenvalue weighted by Crippen LogP contribution is -2.44. The normalized spacial score (nSPS) is 18.4. The van der Waals surface area contributed by atoms with Gasteiger partial charge in [0, 0.05) is 50.4 Å². The fraction of sp³-hybridized carbons (Fsp3) is 0.500. The number of aliphatic imine (C=N–C) groups is 1. The number of aromatic nitrogens is 1. The first-order valence-corrected chi connectivity index (χ1v) is 11.1. The van der Waals surface area contributed by atoms with Crippen molar-refractivity contribution in [3.8, 4) is 0 Å². The molecule has 168 valence electrons. The number of morpholine rings is 1. The van der Waals surface area contributed by atoms with Gasteiger partial charge in [-0.3, -0.25) is 4.99 Å². The van der Waals surface area contributed by atoms with Crippen LogP contribution in [-0.4, -0.2) is 50.8 Å². The van der Waals surface area contributed by atoms with E-state index in [1.165, 1.54) is 36.8 Å². The van der Waals surface area contributed by atoms with Crippen LogP contribution in [-0.2, 0) is 16.7 Å². The number of hydrogen-bond donors (Lipinski definition) is 2. The summed E-state index contributed by atoms with van der Waals surface area (Å²) in [5, 5.41) is 7.10. The fourth-order valence-electron chi connectivity index (χ4n) is 4.69. The van der Waals surface area contributed by atoms with E-state index >= 15 is 0 Å². The molecule has 1 aromatic heterocycles. The van der Waals surface area contributed by atoms with Gasteiger partial charge in [-0.05, 0) is 24.5 Å². The molecule has 7 heteroatoms. The summed E-state index contributed by atoms with van der Waals surface area (Å²) in [5.74, 6) is 1.88. The molecule has 0 amide bonds. The number of rotatable bonds is 6. The third-order valence-corrected chi connectivity index (χ3v) is 6.39. The van der Waals surface area contributed by atoms with Crippen molar-refractivity contribution >= 4 is 35.8 Å². The molecule has 0 atom stereocenters. The minimum absolute atomic E-state index is 0. The van der Waals surface area contributed by atoms with Gasteiger partial charge in [0.05, 0.1) is 13.2 Å². The molecule has 2 heterocycles. The Morgan fingerprint density at radius 2 is 1.81 bits per heavy atom. The molecule has 1 saturated carbocycles. The van der Waals surface area contributed by atoms with Gasteiger partial charge in [-0.2, -0.15) is 0 Å². The molecule has 1 aromatic carbocycles. The van der Waals surface area contributed by atoms with E-state index in [1.54, 1.807) is 0 Å². The summed E-state index contributed by atoms with van der Waals surface area (Å²) >= 11 is 0. The quantitative estimate of drug-likeness (QED) is 0.336. The standard InChI is InChI=1S/C24H33N5O.HI/c1-25-23(28-19-24(11-5-6-12-24)21-9-3-2-4-10-21)27-18-20-8-7-13-26-22(20)29-14-16-30-17-15-29;/h2-4,7-10,13H,5-6,11-12,14-19H2,1H3,(H2,25,27,28);1H. The van der Waals surface area contributed by atoms with Crippen LogP contribution in [0.4, 0.5) is 5.82 Å². The van der Waals surface area contributed by atoms with Crippen LogP contribution in [0.3, 0.4) is 0 Å². The third-order valence-electron chi connectivity index (χ3n) is 6.39. The van der Waals surface area contributed by atoms with Crippen LogP contribution < -0.4 is 15.5 Å². The van der Waals surface area contributed by atoms with Crippen LogP contribution in [0.2, 0.25) is 0 Å². The zero-order valence-corrected chi connectivity index (χ0v) is 20.7. The Balaban J connectivity index is 0.00000272.